The van der Waals surface area contributed by atoms with Crippen molar-refractivity contribution in [1.29, 1.82) is 0 Å². The van der Waals surface area contributed by atoms with Crippen LogP contribution in [0.15, 0.2) is 18.2 Å². The van der Waals surface area contributed by atoms with Crippen molar-refractivity contribution in [1.82, 2.24) is 10.6 Å². The summed E-state index contributed by atoms with van der Waals surface area (Å²) >= 11 is 0. The van der Waals surface area contributed by atoms with Crippen molar-refractivity contribution in [3.05, 3.63) is 29.3 Å². The first-order chi connectivity index (χ1) is 8.81. The molecule has 0 radical (unpaired) electrons. The zero-order chi connectivity index (χ0) is 14.6. The molecule has 0 aromatic heterocycles. The molecule has 1 aromatic carbocycles. The molecule has 5 nitrogen and oxygen atoms in total. The van der Waals surface area contributed by atoms with Crippen molar-refractivity contribution >= 4 is 17.5 Å². The molecule has 0 bridgehead atoms. The number of aryl methyl sites for hydroxylation is 1. The number of hydrogen-bond donors (Lipinski definition) is 3. The number of nitrogen functional groups attached to an aromatic ring is 1. The highest BCUT2D eigenvalue weighted by Crippen LogP contribution is 2.12. The Balaban J connectivity index is 2.71. The van der Waals surface area contributed by atoms with Crippen LogP contribution in [0, 0.1) is 6.92 Å². The van der Waals surface area contributed by atoms with Crippen LogP contribution >= 0.6 is 0 Å². The van der Waals surface area contributed by atoms with Gasteiger partial charge in [-0.3, -0.25) is 9.59 Å². The maximum atomic E-state index is 12.0. The maximum absolute atomic E-state index is 12.0. The highest BCUT2D eigenvalue weighted by molar-refractivity contribution is 5.98. The van der Waals surface area contributed by atoms with Crippen molar-refractivity contribution in [2.24, 2.45) is 0 Å². The van der Waals surface area contributed by atoms with E-state index in [9.17, 15) is 9.59 Å². The number of rotatable bonds is 4. The normalized spacial score (nSPS) is 12.1. The van der Waals surface area contributed by atoms with E-state index in [4.69, 9.17) is 5.73 Å². The van der Waals surface area contributed by atoms with Crippen LogP contribution in [0.2, 0.25) is 0 Å². The summed E-state index contributed by atoms with van der Waals surface area (Å²) in [5.41, 5.74) is 7.56. The third-order valence-corrected chi connectivity index (χ3v) is 2.67. The van der Waals surface area contributed by atoms with Crippen molar-refractivity contribution in [2.75, 3.05) is 5.73 Å². The van der Waals surface area contributed by atoms with Crippen molar-refractivity contribution < 1.29 is 9.59 Å². The Bertz CT molecular complexity index is 484. The van der Waals surface area contributed by atoms with E-state index < -0.39 is 6.04 Å². The van der Waals surface area contributed by atoms with E-state index in [-0.39, 0.29) is 17.9 Å². The standard InChI is InChI=1S/C14H21N3O2/c1-8(2)16-13(18)10(4)17-14(19)12-6-5-11(15)7-9(12)3/h5-8,10H,15H2,1-4H3,(H,16,18)(H,17,19). The fraction of sp³-hybridized carbons (Fsp3) is 0.429. The molecule has 0 saturated carbocycles. The highest BCUT2D eigenvalue weighted by atomic mass is 16.2. The second kappa shape index (κ2) is 6.22. The third kappa shape index (κ3) is 4.28. The average Bonchev–Trinajstić information content (AvgIpc) is 2.27. The van der Waals surface area contributed by atoms with Crippen LogP contribution < -0.4 is 16.4 Å². The Hall–Kier alpha value is -2.04. The number of benzene rings is 1. The van der Waals surface area contributed by atoms with E-state index in [0.717, 1.165) is 5.56 Å². The molecule has 5 heteroatoms. The lowest BCUT2D eigenvalue weighted by molar-refractivity contribution is -0.123. The predicted octanol–water partition coefficient (Wildman–Crippen LogP) is 1.22. The molecular weight excluding hydrogens is 242 g/mol. The van der Waals surface area contributed by atoms with Gasteiger partial charge in [0.25, 0.3) is 5.91 Å². The highest BCUT2D eigenvalue weighted by Gasteiger charge is 2.18. The molecule has 104 valence electrons. The third-order valence-electron chi connectivity index (χ3n) is 2.67. The summed E-state index contributed by atoms with van der Waals surface area (Å²) in [4.78, 5) is 23.8. The molecule has 19 heavy (non-hydrogen) atoms. The Morgan fingerprint density at radius 2 is 1.79 bits per heavy atom. The monoisotopic (exact) mass is 263 g/mol. The van der Waals surface area contributed by atoms with Gasteiger partial charge >= 0.3 is 0 Å². The van der Waals surface area contributed by atoms with Gasteiger partial charge in [0.15, 0.2) is 0 Å². The van der Waals surface area contributed by atoms with Crippen molar-refractivity contribution in [3.63, 3.8) is 0 Å². The Morgan fingerprint density at radius 1 is 1.16 bits per heavy atom. The fourth-order valence-electron chi connectivity index (χ4n) is 1.69. The second-order valence-electron chi connectivity index (χ2n) is 4.93. The maximum Gasteiger partial charge on any atom is 0.252 e. The van der Waals surface area contributed by atoms with Gasteiger partial charge < -0.3 is 16.4 Å². The number of anilines is 1. The molecule has 0 saturated heterocycles. The molecule has 1 aromatic rings. The van der Waals surface area contributed by atoms with E-state index in [1.165, 1.54) is 0 Å². The van der Waals surface area contributed by atoms with Gasteiger partial charge in [-0.15, -0.1) is 0 Å². The molecule has 0 spiro atoms. The van der Waals surface area contributed by atoms with E-state index in [0.29, 0.717) is 11.3 Å². The van der Waals surface area contributed by atoms with Gasteiger partial charge in [0.2, 0.25) is 5.91 Å². The molecule has 2 amide bonds. The topological polar surface area (TPSA) is 84.2 Å². The number of nitrogens with two attached hydrogens (primary N) is 1. The molecule has 4 N–H and O–H groups in total. The second-order valence-corrected chi connectivity index (χ2v) is 4.93. The number of carbonyl (C=O) groups is 2. The number of amides is 2. The van der Waals surface area contributed by atoms with Gasteiger partial charge in [0.1, 0.15) is 6.04 Å². The molecule has 0 aliphatic heterocycles. The van der Waals surface area contributed by atoms with Crippen LogP contribution in [0.4, 0.5) is 5.69 Å². The lowest BCUT2D eigenvalue weighted by Gasteiger charge is -2.16. The summed E-state index contributed by atoms with van der Waals surface area (Å²) in [7, 11) is 0. The van der Waals surface area contributed by atoms with Gasteiger partial charge in [-0.2, -0.15) is 0 Å². The summed E-state index contributed by atoms with van der Waals surface area (Å²) in [5.74, 6) is -0.472. The lowest BCUT2D eigenvalue weighted by atomic mass is 10.1. The molecular formula is C14H21N3O2. The smallest absolute Gasteiger partial charge is 0.252 e. The minimum atomic E-state index is -0.577. The molecule has 0 aliphatic carbocycles. The number of hydrogen-bond acceptors (Lipinski definition) is 3. The van der Waals surface area contributed by atoms with Gasteiger partial charge in [-0.25, -0.2) is 0 Å². The molecule has 1 atom stereocenters. The van der Waals surface area contributed by atoms with Crippen LogP contribution in [0.1, 0.15) is 36.7 Å². The molecule has 1 rings (SSSR count). The minimum absolute atomic E-state index is 0.0464. The van der Waals surface area contributed by atoms with E-state index in [1.54, 1.807) is 25.1 Å². The SMILES string of the molecule is Cc1cc(N)ccc1C(=O)NC(C)C(=O)NC(C)C. The summed E-state index contributed by atoms with van der Waals surface area (Å²) in [6, 6.07) is 4.53. The van der Waals surface area contributed by atoms with Gasteiger partial charge in [-0.05, 0) is 51.5 Å². The first kappa shape index (κ1) is 15.0. The Morgan fingerprint density at radius 3 is 2.32 bits per heavy atom. The van der Waals surface area contributed by atoms with Crippen LogP contribution in [-0.2, 0) is 4.79 Å². The van der Waals surface area contributed by atoms with Crippen molar-refractivity contribution in [2.45, 2.75) is 39.8 Å². The zero-order valence-corrected chi connectivity index (χ0v) is 11.8. The quantitative estimate of drug-likeness (QED) is 0.714. The first-order valence-corrected chi connectivity index (χ1v) is 6.28. The van der Waals surface area contributed by atoms with Crippen LogP contribution in [0.25, 0.3) is 0 Å². The summed E-state index contributed by atoms with van der Waals surface area (Å²) in [5, 5.41) is 5.42. The zero-order valence-electron chi connectivity index (χ0n) is 11.8. The minimum Gasteiger partial charge on any atom is -0.399 e. The molecule has 0 fully saturated rings. The largest absolute Gasteiger partial charge is 0.399 e. The number of nitrogens with one attached hydrogen (secondary N) is 2. The predicted molar refractivity (Wildman–Crippen MR) is 75.8 cm³/mol. The fourth-order valence-corrected chi connectivity index (χ4v) is 1.69. The Kier molecular flexibility index (Phi) is 4.92. The van der Waals surface area contributed by atoms with E-state index >= 15 is 0 Å². The summed E-state index contributed by atoms with van der Waals surface area (Å²) in [6.07, 6.45) is 0. The molecule has 0 aliphatic rings. The van der Waals surface area contributed by atoms with Crippen LogP contribution in [0.5, 0.6) is 0 Å². The summed E-state index contributed by atoms with van der Waals surface area (Å²) < 4.78 is 0. The first-order valence-electron chi connectivity index (χ1n) is 6.28. The Labute approximate surface area is 113 Å². The van der Waals surface area contributed by atoms with Gasteiger partial charge in [0, 0.05) is 17.3 Å². The molecule has 1 unspecified atom stereocenters. The van der Waals surface area contributed by atoms with Gasteiger partial charge in [-0.1, -0.05) is 0 Å². The lowest BCUT2D eigenvalue weighted by Crippen LogP contribution is -2.46. The van der Waals surface area contributed by atoms with Gasteiger partial charge in [0.05, 0.1) is 0 Å². The van der Waals surface area contributed by atoms with E-state index in [2.05, 4.69) is 10.6 Å². The molecule has 0 heterocycles. The van der Waals surface area contributed by atoms with Crippen LogP contribution in [0.3, 0.4) is 0 Å². The van der Waals surface area contributed by atoms with E-state index in [1.807, 2.05) is 20.8 Å². The van der Waals surface area contributed by atoms with Crippen molar-refractivity contribution in [3.8, 4) is 0 Å². The summed E-state index contributed by atoms with van der Waals surface area (Å²) in [6.45, 7) is 7.21. The number of carbonyl (C=O) groups excluding carboxylic acids is 2. The average molecular weight is 263 g/mol. The van der Waals surface area contributed by atoms with Crippen LogP contribution in [-0.4, -0.2) is 23.9 Å².